The van der Waals surface area contributed by atoms with Gasteiger partial charge in [-0.2, -0.15) is 21.0 Å². The van der Waals surface area contributed by atoms with Gasteiger partial charge in [-0.25, -0.2) is 4.98 Å². The maximum atomic E-state index is 9.03. The van der Waals surface area contributed by atoms with Gasteiger partial charge in [0, 0.05) is 25.7 Å². The standard InChI is InChI=1S/C19H18N6/c20-9-1-5-14-15(6-2-10-21)17(8-4-12-23)19-18(24-13-25-19)16(14)7-3-11-22/h13H,1-8H2,(H,24,25). The van der Waals surface area contributed by atoms with E-state index >= 15 is 0 Å². The highest BCUT2D eigenvalue weighted by molar-refractivity contribution is 5.85. The Hall–Kier alpha value is -3.35. The molecule has 0 amide bonds. The summed E-state index contributed by atoms with van der Waals surface area (Å²) < 4.78 is 0. The van der Waals surface area contributed by atoms with Crippen molar-refractivity contribution in [3.05, 3.63) is 28.6 Å². The third-order valence-electron chi connectivity index (χ3n) is 4.27. The molecule has 0 aliphatic rings. The van der Waals surface area contributed by atoms with Crippen LogP contribution in [-0.4, -0.2) is 9.97 Å². The number of aromatic nitrogens is 2. The largest absolute Gasteiger partial charge is 0.344 e. The fourth-order valence-electron chi connectivity index (χ4n) is 3.28. The number of rotatable bonds is 8. The van der Waals surface area contributed by atoms with E-state index in [1.165, 1.54) is 0 Å². The number of aromatic amines is 1. The van der Waals surface area contributed by atoms with E-state index in [2.05, 4.69) is 34.2 Å². The van der Waals surface area contributed by atoms with Crippen molar-refractivity contribution in [2.45, 2.75) is 51.4 Å². The molecule has 0 bridgehead atoms. The third kappa shape index (κ3) is 3.95. The maximum absolute atomic E-state index is 9.03. The minimum absolute atomic E-state index is 0.368. The maximum Gasteiger partial charge on any atom is 0.0932 e. The van der Waals surface area contributed by atoms with Crippen LogP contribution in [0.15, 0.2) is 6.33 Å². The highest BCUT2D eigenvalue weighted by Crippen LogP contribution is 2.32. The van der Waals surface area contributed by atoms with Crippen LogP contribution in [0.2, 0.25) is 0 Å². The van der Waals surface area contributed by atoms with E-state index in [4.69, 9.17) is 21.0 Å². The quantitative estimate of drug-likeness (QED) is 0.794. The van der Waals surface area contributed by atoms with Crippen LogP contribution < -0.4 is 0 Å². The first-order valence-corrected chi connectivity index (χ1v) is 8.24. The Morgan fingerprint density at radius 1 is 0.680 bits per heavy atom. The molecule has 0 atom stereocenters. The molecule has 1 heterocycles. The number of H-pyrrole nitrogens is 1. The summed E-state index contributed by atoms with van der Waals surface area (Å²) in [5.41, 5.74) is 5.77. The number of imidazole rings is 1. The van der Waals surface area contributed by atoms with Crippen molar-refractivity contribution >= 4 is 11.0 Å². The second-order valence-electron chi connectivity index (χ2n) is 5.67. The van der Waals surface area contributed by atoms with Crippen molar-refractivity contribution < 1.29 is 0 Å². The van der Waals surface area contributed by atoms with Gasteiger partial charge >= 0.3 is 0 Å². The van der Waals surface area contributed by atoms with Gasteiger partial charge in [0.2, 0.25) is 0 Å². The van der Waals surface area contributed by atoms with Gasteiger partial charge in [-0.05, 0) is 47.9 Å². The van der Waals surface area contributed by atoms with Crippen LogP contribution >= 0.6 is 0 Å². The van der Waals surface area contributed by atoms with E-state index in [-0.39, 0.29) is 0 Å². The summed E-state index contributed by atoms with van der Waals surface area (Å²) >= 11 is 0. The molecule has 0 fully saturated rings. The van der Waals surface area contributed by atoms with Gasteiger partial charge in [0.05, 0.1) is 41.6 Å². The van der Waals surface area contributed by atoms with Gasteiger partial charge in [-0.15, -0.1) is 0 Å². The number of nitriles is 4. The molecule has 0 saturated heterocycles. The summed E-state index contributed by atoms with van der Waals surface area (Å²) in [6.07, 6.45) is 5.40. The lowest BCUT2D eigenvalue weighted by molar-refractivity contribution is 0.871. The Bertz CT molecular complexity index is 837. The Morgan fingerprint density at radius 2 is 1.12 bits per heavy atom. The average molecular weight is 330 g/mol. The van der Waals surface area contributed by atoms with Crippen molar-refractivity contribution in [2.24, 2.45) is 0 Å². The summed E-state index contributed by atoms with van der Waals surface area (Å²) in [6, 6.07) is 8.70. The zero-order valence-electron chi connectivity index (χ0n) is 14.0. The van der Waals surface area contributed by atoms with Gasteiger partial charge in [0.25, 0.3) is 0 Å². The molecule has 0 aliphatic heterocycles. The summed E-state index contributed by atoms with van der Waals surface area (Å²) in [6.45, 7) is 0. The van der Waals surface area contributed by atoms with E-state index in [9.17, 15) is 0 Å². The minimum Gasteiger partial charge on any atom is -0.344 e. The number of benzene rings is 1. The zero-order valence-corrected chi connectivity index (χ0v) is 14.0. The molecule has 1 aromatic carbocycles. The summed E-state index contributed by atoms with van der Waals surface area (Å²) in [4.78, 5) is 7.60. The minimum atomic E-state index is 0.368. The molecule has 25 heavy (non-hydrogen) atoms. The van der Waals surface area contributed by atoms with Crippen LogP contribution in [0, 0.1) is 45.3 Å². The SMILES string of the molecule is N#CCCc1c(CCC#N)c(CCC#N)c2[nH]cnc2c1CCC#N. The van der Waals surface area contributed by atoms with Crippen LogP contribution in [0.3, 0.4) is 0 Å². The number of nitrogens with zero attached hydrogens (tertiary/aromatic N) is 5. The number of fused-ring (bicyclic) bond motifs is 1. The monoisotopic (exact) mass is 330 g/mol. The van der Waals surface area contributed by atoms with Gasteiger partial charge < -0.3 is 4.98 Å². The van der Waals surface area contributed by atoms with Crippen LogP contribution in [0.1, 0.15) is 47.9 Å². The molecule has 6 heteroatoms. The molecule has 0 unspecified atom stereocenters. The molecule has 1 aromatic heterocycles. The summed E-state index contributed by atoms with van der Waals surface area (Å²) in [5, 5.41) is 36.0. The van der Waals surface area contributed by atoms with Gasteiger partial charge in [0.15, 0.2) is 0 Å². The molecule has 0 spiro atoms. The average Bonchev–Trinajstić information content (AvgIpc) is 3.11. The van der Waals surface area contributed by atoms with Crippen LogP contribution in [0.5, 0.6) is 0 Å². The molecule has 1 N–H and O–H groups in total. The van der Waals surface area contributed by atoms with E-state index in [1.807, 2.05) is 0 Å². The van der Waals surface area contributed by atoms with Crippen molar-refractivity contribution in [1.29, 1.82) is 21.0 Å². The summed E-state index contributed by atoms with van der Waals surface area (Å²) in [7, 11) is 0. The van der Waals surface area contributed by atoms with Crippen LogP contribution in [0.4, 0.5) is 0 Å². The first-order valence-electron chi connectivity index (χ1n) is 8.24. The Morgan fingerprint density at radius 3 is 1.64 bits per heavy atom. The van der Waals surface area contributed by atoms with Gasteiger partial charge in [-0.1, -0.05) is 0 Å². The molecule has 0 saturated carbocycles. The lowest BCUT2D eigenvalue weighted by Crippen LogP contribution is -2.08. The lowest BCUT2D eigenvalue weighted by atomic mass is 9.85. The molecular formula is C19H18N6. The van der Waals surface area contributed by atoms with Gasteiger partial charge in [0.1, 0.15) is 0 Å². The fraction of sp³-hybridized carbons (Fsp3) is 0.421. The van der Waals surface area contributed by atoms with E-state index in [0.717, 1.165) is 33.3 Å². The van der Waals surface area contributed by atoms with Crippen molar-refractivity contribution in [1.82, 2.24) is 9.97 Å². The second-order valence-corrected chi connectivity index (χ2v) is 5.67. The Balaban J connectivity index is 2.72. The molecule has 2 rings (SSSR count). The van der Waals surface area contributed by atoms with Crippen LogP contribution in [-0.2, 0) is 25.7 Å². The lowest BCUT2D eigenvalue weighted by Gasteiger charge is -2.19. The Labute approximate surface area is 146 Å². The predicted molar refractivity (Wildman–Crippen MR) is 91.8 cm³/mol. The highest BCUT2D eigenvalue weighted by atomic mass is 14.9. The van der Waals surface area contributed by atoms with E-state index in [0.29, 0.717) is 51.4 Å². The fourth-order valence-corrected chi connectivity index (χ4v) is 3.28. The predicted octanol–water partition coefficient (Wildman–Crippen LogP) is 3.39. The third-order valence-corrected chi connectivity index (χ3v) is 4.27. The Kier molecular flexibility index (Phi) is 6.53. The molecule has 124 valence electrons. The molecular weight excluding hydrogens is 312 g/mol. The topological polar surface area (TPSA) is 124 Å². The molecule has 0 radical (unpaired) electrons. The second kappa shape index (κ2) is 9.07. The summed E-state index contributed by atoms with van der Waals surface area (Å²) in [5.74, 6) is 0. The number of nitrogens with one attached hydrogen (secondary N) is 1. The number of hydrogen-bond donors (Lipinski definition) is 1. The zero-order chi connectivity index (χ0) is 18.1. The first kappa shape index (κ1) is 18.0. The van der Waals surface area contributed by atoms with Gasteiger partial charge in [-0.3, -0.25) is 0 Å². The van der Waals surface area contributed by atoms with Crippen LogP contribution in [0.25, 0.3) is 11.0 Å². The number of aryl methyl sites for hydroxylation is 2. The smallest absolute Gasteiger partial charge is 0.0932 e. The molecule has 0 aliphatic carbocycles. The number of hydrogen-bond acceptors (Lipinski definition) is 5. The van der Waals surface area contributed by atoms with E-state index in [1.54, 1.807) is 6.33 Å². The first-order chi connectivity index (χ1) is 12.3. The van der Waals surface area contributed by atoms with Crippen molar-refractivity contribution in [3.8, 4) is 24.3 Å². The van der Waals surface area contributed by atoms with Crippen molar-refractivity contribution in [2.75, 3.05) is 0 Å². The van der Waals surface area contributed by atoms with Crippen molar-refractivity contribution in [3.63, 3.8) is 0 Å². The molecule has 2 aromatic rings. The normalized spacial score (nSPS) is 9.92. The highest BCUT2D eigenvalue weighted by Gasteiger charge is 2.20. The van der Waals surface area contributed by atoms with E-state index < -0.39 is 0 Å². The molecule has 6 nitrogen and oxygen atoms in total.